The van der Waals surface area contributed by atoms with E-state index in [1.165, 1.54) is 6.92 Å². The van der Waals surface area contributed by atoms with Crippen LogP contribution in [-0.2, 0) is 19.1 Å². The minimum absolute atomic E-state index is 0.180. The van der Waals surface area contributed by atoms with E-state index in [0.717, 1.165) is 6.42 Å². The van der Waals surface area contributed by atoms with E-state index in [1.807, 2.05) is 6.92 Å². The van der Waals surface area contributed by atoms with E-state index in [4.69, 9.17) is 9.47 Å². The highest BCUT2D eigenvalue weighted by molar-refractivity contribution is 5.89. The molecule has 0 saturated heterocycles. The van der Waals surface area contributed by atoms with Gasteiger partial charge in [-0.1, -0.05) is 19.9 Å². The summed E-state index contributed by atoms with van der Waals surface area (Å²) in [5, 5.41) is 0. The van der Waals surface area contributed by atoms with Gasteiger partial charge in [-0.15, -0.1) is 5.73 Å². The average molecular weight is 226 g/mol. The van der Waals surface area contributed by atoms with Crippen LogP contribution in [0, 0.1) is 0 Å². The monoisotopic (exact) mass is 226 g/mol. The van der Waals surface area contributed by atoms with Crippen molar-refractivity contribution < 1.29 is 19.1 Å². The van der Waals surface area contributed by atoms with Crippen molar-refractivity contribution in [2.24, 2.45) is 0 Å². The van der Waals surface area contributed by atoms with Gasteiger partial charge >= 0.3 is 11.9 Å². The van der Waals surface area contributed by atoms with Gasteiger partial charge < -0.3 is 9.47 Å². The molecule has 0 amide bonds. The molecule has 0 aliphatic heterocycles. The van der Waals surface area contributed by atoms with Crippen LogP contribution in [0.4, 0.5) is 0 Å². The summed E-state index contributed by atoms with van der Waals surface area (Å²) in [7, 11) is 0. The molecule has 0 aromatic rings. The van der Waals surface area contributed by atoms with Gasteiger partial charge in [-0.2, -0.15) is 0 Å². The van der Waals surface area contributed by atoms with Crippen LogP contribution in [0.2, 0.25) is 0 Å². The second-order valence-electron chi connectivity index (χ2n) is 3.20. The highest BCUT2D eigenvalue weighted by atomic mass is 16.6. The first-order valence-corrected chi connectivity index (χ1v) is 5.31. The molecule has 4 nitrogen and oxygen atoms in total. The third-order valence-corrected chi connectivity index (χ3v) is 1.87. The standard InChI is InChI=1S/C12H18O4/c1-5-8-11(16-9(4)13)10(6-2)12(14)15-7-3/h11H,2,5,7-8H2,1,3-4H3. The molecule has 16 heavy (non-hydrogen) atoms. The molecule has 0 aliphatic rings. The lowest BCUT2D eigenvalue weighted by molar-refractivity contribution is -0.147. The lowest BCUT2D eigenvalue weighted by atomic mass is 10.1. The smallest absolute Gasteiger partial charge is 0.345 e. The third-order valence-electron chi connectivity index (χ3n) is 1.87. The zero-order chi connectivity index (χ0) is 12.6. The number of rotatable bonds is 6. The van der Waals surface area contributed by atoms with Gasteiger partial charge in [-0.3, -0.25) is 4.79 Å². The molecule has 0 aromatic heterocycles. The Bertz CT molecular complexity index is 300. The first kappa shape index (κ1) is 14.5. The molecule has 0 rings (SSSR count). The highest BCUT2D eigenvalue weighted by Gasteiger charge is 2.23. The molecule has 90 valence electrons. The van der Waals surface area contributed by atoms with Gasteiger partial charge in [0.2, 0.25) is 0 Å². The third kappa shape index (κ3) is 4.80. The van der Waals surface area contributed by atoms with Crippen LogP contribution in [0.15, 0.2) is 17.9 Å². The van der Waals surface area contributed by atoms with Crippen molar-refractivity contribution in [1.82, 2.24) is 0 Å². The fourth-order valence-corrected chi connectivity index (χ4v) is 1.25. The largest absolute Gasteiger partial charge is 0.462 e. The fourth-order valence-electron chi connectivity index (χ4n) is 1.25. The van der Waals surface area contributed by atoms with E-state index in [-0.39, 0.29) is 12.2 Å². The Hall–Kier alpha value is -1.54. The maximum absolute atomic E-state index is 11.5. The molecule has 0 N–H and O–H groups in total. The van der Waals surface area contributed by atoms with Crippen molar-refractivity contribution in [1.29, 1.82) is 0 Å². The zero-order valence-electron chi connectivity index (χ0n) is 10.0. The van der Waals surface area contributed by atoms with E-state index in [9.17, 15) is 9.59 Å². The van der Waals surface area contributed by atoms with Crippen molar-refractivity contribution in [2.45, 2.75) is 39.7 Å². The summed E-state index contributed by atoms with van der Waals surface area (Å²) < 4.78 is 9.87. The van der Waals surface area contributed by atoms with Crippen LogP contribution in [0.5, 0.6) is 0 Å². The summed E-state index contributed by atoms with van der Waals surface area (Å²) in [5.74, 6) is -0.965. The van der Waals surface area contributed by atoms with Crippen LogP contribution in [-0.4, -0.2) is 24.6 Å². The summed E-state index contributed by atoms with van der Waals surface area (Å²) in [4.78, 5) is 22.4. The molecule has 0 heterocycles. The van der Waals surface area contributed by atoms with Crippen LogP contribution < -0.4 is 0 Å². The Morgan fingerprint density at radius 1 is 1.38 bits per heavy atom. The molecule has 0 fully saturated rings. The number of esters is 2. The molecule has 0 bridgehead atoms. The lowest BCUT2D eigenvalue weighted by Gasteiger charge is -2.16. The molecule has 1 atom stereocenters. The molecular weight excluding hydrogens is 208 g/mol. The number of carbonyl (C=O) groups is 2. The summed E-state index contributed by atoms with van der Waals surface area (Å²) >= 11 is 0. The predicted molar refractivity (Wildman–Crippen MR) is 59.7 cm³/mol. The van der Waals surface area contributed by atoms with Crippen molar-refractivity contribution in [2.75, 3.05) is 6.61 Å². The van der Waals surface area contributed by atoms with Gasteiger partial charge in [0.05, 0.1) is 6.61 Å². The lowest BCUT2D eigenvalue weighted by Crippen LogP contribution is -2.24. The predicted octanol–water partition coefficient (Wildman–Crippen LogP) is 1.99. The number of hydrogen-bond acceptors (Lipinski definition) is 4. The molecule has 0 radical (unpaired) electrons. The van der Waals surface area contributed by atoms with Gasteiger partial charge in [0, 0.05) is 6.92 Å². The summed E-state index contributed by atoms with van der Waals surface area (Å²) in [5.41, 5.74) is 2.67. The minimum Gasteiger partial charge on any atom is -0.462 e. The normalized spacial score (nSPS) is 11.2. The quantitative estimate of drug-likeness (QED) is 0.395. The Morgan fingerprint density at radius 3 is 2.38 bits per heavy atom. The second-order valence-corrected chi connectivity index (χ2v) is 3.20. The SMILES string of the molecule is C=C=C(C(=O)OCC)C(CCC)OC(C)=O. The van der Waals surface area contributed by atoms with E-state index >= 15 is 0 Å². The Labute approximate surface area is 95.9 Å². The van der Waals surface area contributed by atoms with Gasteiger partial charge in [0.1, 0.15) is 11.7 Å². The average Bonchev–Trinajstić information content (AvgIpc) is 2.18. The number of carbonyl (C=O) groups excluding carboxylic acids is 2. The van der Waals surface area contributed by atoms with Crippen molar-refractivity contribution in [3.8, 4) is 0 Å². The van der Waals surface area contributed by atoms with Crippen molar-refractivity contribution >= 4 is 11.9 Å². The molecule has 0 aromatic carbocycles. The van der Waals surface area contributed by atoms with Crippen LogP contribution in [0.3, 0.4) is 0 Å². The fraction of sp³-hybridized carbons (Fsp3) is 0.583. The number of ether oxygens (including phenoxy) is 2. The van der Waals surface area contributed by atoms with Crippen molar-refractivity contribution in [3.05, 3.63) is 17.9 Å². The summed E-state index contributed by atoms with van der Waals surface area (Å²) in [6.45, 7) is 8.63. The highest BCUT2D eigenvalue weighted by Crippen LogP contribution is 2.14. The topological polar surface area (TPSA) is 52.6 Å². The van der Waals surface area contributed by atoms with Gasteiger partial charge in [-0.05, 0) is 13.3 Å². The summed E-state index contributed by atoms with van der Waals surface area (Å²) in [6, 6.07) is 0. The molecule has 4 heteroatoms. The van der Waals surface area contributed by atoms with Gasteiger partial charge in [0.15, 0.2) is 0 Å². The van der Waals surface area contributed by atoms with Crippen molar-refractivity contribution in [3.63, 3.8) is 0 Å². The molecule has 0 aliphatic carbocycles. The van der Waals surface area contributed by atoms with E-state index in [1.54, 1.807) is 6.92 Å². The maximum Gasteiger partial charge on any atom is 0.345 e. The maximum atomic E-state index is 11.5. The second kappa shape index (κ2) is 7.71. The molecule has 0 spiro atoms. The number of hydrogen-bond donors (Lipinski definition) is 0. The van der Waals surface area contributed by atoms with E-state index < -0.39 is 18.0 Å². The van der Waals surface area contributed by atoms with Crippen LogP contribution >= 0.6 is 0 Å². The first-order chi connectivity index (χ1) is 7.56. The first-order valence-electron chi connectivity index (χ1n) is 5.31. The molecular formula is C12H18O4. The Kier molecular flexibility index (Phi) is 6.97. The molecule has 1 unspecified atom stereocenters. The summed E-state index contributed by atoms with van der Waals surface area (Å²) in [6.07, 6.45) is 0.720. The van der Waals surface area contributed by atoms with Gasteiger partial charge in [-0.25, -0.2) is 4.79 Å². The molecule has 0 saturated carbocycles. The van der Waals surface area contributed by atoms with Crippen LogP contribution in [0.1, 0.15) is 33.6 Å². The Balaban J connectivity index is 4.78. The Morgan fingerprint density at radius 2 is 2.00 bits per heavy atom. The zero-order valence-corrected chi connectivity index (χ0v) is 10.0. The van der Waals surface area contributed by atoms with Gasteiger partial charge in [0.25, 0.3) is 0 Å². The van der Waals surface area contributed by atoms with E-state index in [0.29, 0.717) is 6.42 Å². The van der Waals surface area contributed by atoms with Crippen LogP contribution in [0.25, 0.3) is 0 Å². The van der Waals surface area contributed by atoms with E-state index in [2.05, 4.69) is 12.3 Å². The minimum atomic E-state index is -0.612.